The van der Waals surface area contributed by atoms with Gasteiger partial charge in [-0.2, -0.15) is 13.2 Å². The highest BCUT2D eigenvalue weighted by Crippen LogP contribution is 2.38. The van der Waals surface area contributed by atoms with Crippen molar-refractivity contribution in [2.75, 3.05) is 0 Å². The number of amides is 1. The monoisotopic (exact) mass is 481 g/mol. The molecule has 7 nitrogen and oxygen atoms in total. The Hall–Kier alpha value is -4.34. The van der Waals surface area contributed by atoms with Gasteiger partial charge in [0.25, 0.3) is 11.6 Å². The van der Waals surface area contributed by atoms with Gasteiger partial charge in [-0.15, -0.1) is 0 Å². The Balaban J connectivity index is 1.65. The number of benzene rings is 1. The second-order valence-corrected chi connectivity index (χ2v) is 7.87. The summed E-state index contributed by atoms with van der Waals surface area (Å²) in [5.41, 5.74) is -0.628. The minimum absolute atomic E-state index is 0.0312. The van der Waals surface area contributed by atoms with Crippen molar-refractivity contribution >= 4 is 17.0 Å². The number of aromatic nitrogens is 2. The second-order valence-electron chi connectivity index (χ2n) is 7.87. The van der Waals surface area contributed by atoms with Gasteiger partial charge in [0.15, 0.2) is 0 Å². The van der Waals surface area contributed by atoms with Gasteiger partial charge >= 0.3 is 6.18 Å². The molecule has 0 saturated carbocycles. The quantitative estimate of drug-likeness (QED) is 0.285. The molecule has 178 valence electrons. The number of alkyl halides is 3. The van der Waals surface area contributed by atoms with Gasteiger partial charge in [0.05, 0.1) is 53.5 Å². The van der Waals surface area contributed by atoms with Gasteiger partial charge < -0.3 is 18.3 Å². The third-order valence-electron chi connectivity index (χ3n) is 5.50. The summed E-state index contributed by atoms with van der Waals surface area (Å²) in [6.07, 6.45) is -1.63. The van der Waals surface area contributed by atoms with Crippen molar-refractivity contribution in [3.05, 3.63) is 95.5 Å². The maximum atomic E-state index is 13.9. The normalized spacial score (nSPS) is 11.8. The maximum Gasteiger partial charge on any atom is 0.417 e. The highest BCUT2D eigenvalue weighted by Gasteiger charge is 2.34. The van der Waals surface area contributed by atoms with E-state index in [-0.39, 0.29) is 35.6 Å². The van der Waals surface area contributed by atoms with Crippen molar-refractivity contribution in [2.45, 2.75) is 26.2 Å². The van der Waals surface area contributed by atoms with Crippen LogP contribution in [-0.2, 0) is 19.3 Å². The summed E-state index contributed by atoms with van der Waals surface area (Å²) in [5, 5.41) is 4.21. The fourth-order valence-electron chi connectivity index (χ4n) is 3.91. The van der Waals surface area contributed by atoms with Gasteiger partial charge in [-0.25, -0.2) is 4.98 Å². The molecule has 5 rings (SSSR count). The molecule has 1 amide bonds. The van der Waals surface area contributed by atoms with E-state index in [2.05, 4.69) is 10.1 Å². The van der Waals surface area contributed by atoms with Gasteiger partial charge in [0.2, 0.25) is 0 Å². The van der Waals surface area contributed by atoms with E-state index in [9.17, 15) is 18.0 Å². The fraction of sp³-hybridized carbons (Fsp3) is 0.160. The van der Waals surface area contributed by atoms with Crippen molar-refractivity contribution < 1.29 is 31.3 Å². The molecule has 10 heteroatoms. The van der Waals surface area contributed by atoms with Gasteiger partial charge in [-0.1, -0.05) is 23.4 Å². The molecule has 0 spiro atoms. The Morgan fingerprint density at radius 3 is 2.23 bits per heavy atom. The van der Waals surface area contributed by atoms with Gasteiger partial charge in [0.1, 0.15) is 11.5 Å². The molecule has 0 bridgehead atoms. The highest BCUT2D eigenvalue weighted by atomic mass is 19.4. The first-order valence-corrected chi connectivity index (χ1v) is 10.6. The molecule has 0 aliphatic heterocycles. The predicted octanol–water partition coefficient (Wildman–Crippen LogP) is 6.25. The number of carbonyl (C=O) groups is 1. The Kier molecular flexibility index (Phi) is 5.64. The number of aryl methyl sites for hydroxylation is 1. The molecule has 0 aliphatic carbocycles. The zero-order valence-electron chi connectivity index (χ0n) is 18.4. The maximum absolute atomic E-state index is 13.9. The van der Waals surface area contributed by atoms with Gasteiger partial charge in [-0.3, -0.25) is 4.79 Å². The van der Waals surface area contributed by atoms with E-state index in [4.69, 9.17) is 13.4 Å². The number of nitrogens with zero attached hydrogens (tertiary/aromatic N) is 3. The summed E-state index contributed by atoms with van der Waals surface area (Å²) in [6.45, 7) is 1.85. The predicted molar refractivity (Wildman–Crippen MR) is 118 cm³/mol. The van der Waals surface area contributed by atoms with Crippen LogP contribution in [-0.4, -0.2) is 20.9 Å². The first-order chi connectivity index (χ1) is 16.8. The van der Waals surface area contributed by atoms with Crippen LogP contribution in [0.25, 0.3) is 22.4 Å². The van der Waals surface area contributed by atoms with Crippen LogP contribution in [0.3, 0.4) is 0 Å². The minimum Gasteiger partial charge on any atom is -0.467 e. The van der Waals surface area contributed by atoms with E-state index < -0.39 is 17.6 Å². The lowest BCUT2D eigenvalue weighted by Gasteiger charge is -2.21. The summed E-state index contributed by atoms with van der Waals surface area (Å²) in [7, 11) is 0. The lowest BCUT2D eigenvalue weighted by Crippen LogP contribution is -2.30. The average molecular weight is 481 g/mol. The van der Waals surface area contributed by atoms with E-state index >= 15 is 0 Å². The molecular formula is C25H18F3N3O4. The van der Waals surface area contributed by atoms with Crippen LogP contribution in [0.2, 0.25) is 0 Å². The number of rotatable bonds is 6. The zero-order chi connectivity index (χ0) is 24.6. The number of hydrogen-bond donors (Lipinski definition) is 0. The van der Waals surface area contributed by atoms with Crippen LogP contribution in [0.4, 0.5) is 13.2 Å². The largest absolute Gasteiger partial charge is 0.467 e. The lowest BCUT2D eigenvalue weighted by atomic mass is 10.00. The molecule has 1 aromatic carbocycles. The molecule has 0 unspecified atom stereocenters. The standard InChI is InChI=1S/C25H18F3N3O4/c1-15-22-19(24(32)31(13-16-6-4-10-33-16)14-17-7-5-11-34-17)12-21(29-23(22)35-30-15)18-8-2-3-9-20(18)25(26,27)28/h2-12H,13-14H2,1H3. The lowest BCUT2D eigenvalue weighted by molar-refractivity contribution is -0.137. The number of pyridine rings is 1. The Labute approximate surface area is 196 Å². The third-order valence-corrected chi connectivity index (χ3v) is 5.50. The van der Waals surface area contributed by atoms with Crippen molar-refractivity contribution in [2.24, 2.45) is 0 Å². The highest BCUT2D eigenvalue weighted by molar-refractivity contribution is 6.07. The van der Waals surface area contributed by atoms with Crippen LogP contribution in [0.5, 0.6) is 0 Å². The molecule has 0 atom stereocenters. The van der Waals surface area contributed by atoms with E-state index in [1.54, 1.807) is 31.2 Å². The van der Waals surface area contributed by atoms with Gasteiger partial charge in [0, 0.05) is 5.56 Å². The molecule has 0 N–H and O–H groups in total. The van der Waals surface area contributed by atoms with Crippen LogP contribution in [0.15, 0.2) is 80.5 Å². The SMILES string of the molecule is Cc1noc2nc(-c3ccccc3C(F)(F)F)cc(C(=O)N(Cc3ccco3)Cc3ccco3)c12. The Morgan fingerprint density at radius 1 is 0.971 bits per heavy atom. The Bertz CT molecular complexity index is 1440. The summed E-state index contributed by atoms with van der Waals surface area (Å²) in [5.74, 6) is 0.585. The molecule has 5 aromatic rings. The summed E-state index contributed by atoms with van der Waals surface area (Å²) < 4.78 is 57.2. The first kappa shape index (κ1) is 22.5. The third kappa shape index (κ3) is 4.42. The van der Waals surface area contributed by atoms with Crippen LogP contribution < -0.4 is 0 Å². The van der Waals surface area contributed by atoms with E-state index in [0.717, 1.165) is 6.07 Å². The number of fused-ring (bicyclic) bond motifs is 1. The summed E-state index contributed by atoms with van der Waals surface area (Å²) in [4.78, 5) is 19.6. The van der Waals surface area contributed by atoms with Gasteiger partial charge in [-0.05, 0) is 43.3 Å². The fourth-order valence-corrected chi connectivity index (χ4v) is 3.91. The van der Waals surface area contributed by atoms with Crippen LogP contribution in [0.1, 0.15) is 33.1 Å². The minimum atomic E-state index is -4.61. The number of carbonyl (C=O) groups excluding carboxylic acids is 1. The molecule has 35 heavy (non-hydrogen) atoms. The number of halogens is 3. The van der Waals surface area contributed by atoms with Crippen LogP contribution >= 0.6 is 0 Å². The van der Waals surface area contributed by atoms with Crippen molar-refractivity contribution in [3.8, 4) is 11.3 Å². The average Bonchev–Trinajstić information content (AvgIpc) is 3.61. The molecular weight excluding hydrogens is 463 g/mol. The summed E-state index contributed by atoms with van der Waals surface area (Å²) in [6, 6.07) is 13.2. The molecule has 0 saturated heterocycles. The van der Waals surface area contributed by atoms with E-state index in [0.29, 0.717) is 22.6 Å². The smallest absolute Gasteiger partial charge is 0.417 e. The first-order valence-electron chi connectivity index (χ1n) is 10.6. The number of hydrogen-bond acceptors (Lipinski definition) is 6. The van der Waals surface area contributed by atoms with Crippen LogP contribution in [0, 0.1) is 6.92 Å². The van der Waals surface area contributed by atoms with E-state index in [1.807, 2.05) is 0 Å². The Morgan fingerprint density at radius 2 is 1.63 bits per heavy atom. The molecule has 0 radical (unpaired) electrons. The van der Waals surface area contributed by atoms with Crippen molar-refractivity contribution in [1.82, 2.24) is 15.0 Å². The van der Waals surface area contributed by atoms with Crippen molar-refractivity contribution in [3.63, 3.8) is 0 Å². The van der Waals surface area contributed by atoms with Crippen molar-refractivity contribution in [1.29, 1.82) is 0 Å². The molecule has 4 heterocycles. The zero-order valence-corrected chi connectivity index (χ0v) is 18.4. The summed E-state index contributed by atoms with van der Waals surface area (Å²) >= 11 is 0. The van der Waals surface area contributed by atoms with E-state index in [1.165, 1.54) is 41.7 Å². The molecule has 0 fully saturated rings. The number of furan rings is 2. The molecule has 4 aromatic heterocycles. The topological polar surface area (TPSA) is 85.5 Å². The molecule has 0 aliphatic rings. The second kappa shape index (κ2) is 8.79.